The Morgan fingerprint density at radius 3 is 2.30 bits per heavy atom. The first kappa shape index (κ1) is 16.7. The molecule has 0 saturated carbocycles. The van der Waals surface area contributed by atoms with E-state index in [1.165, 1.54) is 11.1 Å². The maximum absolute atomic E-state index is 11.8. The van der Waals surface area contributed by atoms with Crippen LogP contribution in [0.15, 0.2) is 24.3 Å². The molecule has 20 heavy (non-hydrogen) atoms. The second kappa shape index (κ2) is 9.50. The van der Waals surface area contributed by atoms with E-state index in [0.29, 0.717) is 26.2 Å². The molecule has 0 radical (unpaired) electrons. The van der Waals surface area contributed by atoms with E-state index in [4.69, 9.17) is 9.47 Å². The third kappa shape index (κ3) is 6.68. The van der Waals surface area contributed by atoms with Crippen molar-refractivity contribution in [3.63, 3.8) is 0 Å². The topological polar surface area (TPSA) is 47.6 Å². The summed E-state index contributed by atoms with van der Waals surface area (Å²) in [6.45, 7) is 7.41. The highest BCUT2D eigenvalue weighted by atomic mass is 16.7. The normalized spacial score (nSPS) is 10.8. The lowest BCUT2D eigenvalue weighted by Gasteiger charge is -2.17. The van der Waals surface area contributed by atoms with Crippen LogP contribution >= 0.6 is 0 Å². The molecule has 4 heteroatoms. The van der Waals surface area contributed by atoms with Gasteiger partial charge in [0.05, 0.1) is 6.54 Å². The molecule has 1 aromatic rings. The van der Waals surface area contributed by atoms with Crippen molar-refractivity contribution in [3.05, 3.63) is 35.4 Å². The number of rotatable bonds is 9. The van der Waals surface area contributed by atoms with E-state index in [9.17, 15) is 4.79 Å². The molecule has 0 saturated heterocycles. The molecule has 0 bridgehead atoms. The van der Waals surface area contributed by atoms with Gasteiger partial charge in [0.1, 0.15) is 0 Å². The number of ether oxygens (including phenoxy) is 2. The number of carbonyl (C=O) groups excluding carboxylic acids is 1. The standard InChI is InChI=1S/C16H25NO3/c1-4-19-16(20-5-2)12-17-15(18)11-10-14-8-6-13(3)7-9-14/h6-9,16H,4-5,10-12H2,1-3H3,(H,17,18). The van der Waals surface area contributed by atoms with Gasteiger partial charge in [-0.15, -0.1) is 0 Å². The molecule has 0 aliphatic carbocycles. The maximum Gasteiger partial charge on any atom is 0.220 e. The zero-order valence-corrected chi connectivity index (χ0v) is 12.6. The second-order valence-corrected chi connectivity index (χ2v) is 4.63. The number of amides is 1. The monoisotopic (exact) mass is 279 g/mol. The fourth-order valence-electron chi connectivity index (χ4n) is 1.84. The number of hydrogen-bond acceptors (Lipinski definition) is 3. The summed E-state index contributed by atoms with van der Waals surface area (Å²) in [5, 5.41) is 2.85. The molecule has 112 valence electrons. The van der Waals surface area contributed by atoms with Crippen molar-refractivity contribution in [2.45, 2.75) is 39.9 Å². The minimum atomic E-state index is -0.353. The van der Waals surface area contributed by atoms with E-state index < -0.39 is 0 Å². The third-order valence-electron chi connectivity index (χ3n) is 2.93. The van der Waals surface area contributed by atoms with E-state index in [2.05, 4.69) is 36.5 Å². The van der Waals surface area contributed by atoms with Gasteiger partial charge in [0.25, 0.3) is 0 Å². The van der Waals surface area contributed by atoms with Gasteiger partial charge < -0.3 is 14.8 Å². The lowest BCUT2D eigenvalue weighted by molar-refractivity contribution is -0.140. The molecule has 0 spiro atoms. The summed E-state index contributed by atoms with van der Waals surface area (Å²) in [7, 11) is 0. The molecule has 1 N–H and O–H groups in total. The van der Waals surface area contributed by atoms with Gasteiger partial charge in [0.15, 0.2) is 6.29 Å². The molecule has 4 nitrogen and oxygen atoms in total. The molecule has 1 amide bonds. The molecule has 0 aliphatic rings. The van der Waals surface area contributed by atoms with E-state index in [-0.39, 0.29) is 12.2 Å². The van der Waals surface area contributed by atoms with Crippen molar-refractivity contribution in [2.24, 2.45) is 0 Å². The summed E-state index contributed by atoms with van der Waals surface area (Å²) in [5.41, 5.74) is 2.41. The van der Waals surface area contributed by atoms with Gasteiger partial charge in [-0.1, -0.05) is 29.8 Å². The fraction of sp³-hybridized carbons (Fsp3) is 0.562. The molecule has 0 unspecified atom stereocenters. The Labute approximate surface area is 121 Å². The summed E-state index contributed by atoms with van der Waals surface area (Å²) in [6.07, 6.45) is 0.877. The van der Waals surface area contributed by atoms with Crippen LogP contribution in [-0.2, 0) is 20.7 Å². The summed E-state index contributed by atoms with van der Waals surface area (Å²) in [6, 6.07) is 8.25. The van der Waals surface area contributed by atoms with Crippen molar-refractivity contribution in [2.75, 3.05) is 19.8 Å². The van der Waals surface area contributed by atoms with Gasteiger partial charge in [0.2, 0.25) is 5.91 Å². The predicted octanol–water partition coefficient (Wildman–Crippen LogP) is 2.44. The van der Waals surface area contributed by atoms with Crippen LogP contribution in [0, 0.1) is 6.92 Å². The van der Waals surface area contributed by atoms with Crippen LogP contribution in [-0.4, -0.2) is 32.0 Å². The Hall–Kier alpha value is -1.39. The van der Waals surface area contributed by atoms with Crippen LogP contribution in [0.3, 0.4) is 0 Å². The molecule has 0 atom stereocenters. The SMILES string of the molecule is CCOC(CNC(=O)CCc1ccc(C)cc1)OCC. The number of benzene rings is 1. The highest BCUT2D eigenvalue weighted by Crippen LogP contribution is 2.05. The van der Waals surface area contributed by atoms with Crippen molar-refractivity contribution in [1.29, 1.82) is 0 Å². The predicted molar refractivity (Wildman–Crippen MR) is 79.5 cm³/mol. The van der Waals surface area contributed by atoms with Gasteiger partial charge >= 0.3 is 0 Å². The number of aryl methyl sites for hydroxylation is 2. The van der Waals surface area contributed by atoms with Gasteiger partial charge in [-0.25, -0.2) is 0 Å². The van der Waals surface area contributed by atoms with Crippen LogP contribution in [0.5, 0.6) is 0 Å². The van der Waals surface area contributed by atoms with E-state index in [1.54, 1.807) is 0 Å². The van der Waals surface area contributed by atoms with E-state index >= 15 is 0 Å². The third-order valence-corrected chi connectivity index (χ3v) is 2.93. The minimum absolute atomic E-state index is 0.0231. The van der Waals surface area contributed by atoms with Crippen molar-refractivity contribution < 1.29 is 14.3 Å². The molecule has 0 aliphatic heterocycles. The Morgan fingerprint density at radius 1 is 1.15 bits per heavy atom. The maximum atomic E-state index is 11.8. The average Bonchev–Trinajstić information content (AvgIpc) is 2.44. The van der Waals surface area contributed by atoms with Gasteiger partial charge in [0, 0.05) is 19.6 Å². The quantitative estimate of drug-likeness (QED) is 0.706. The number of nitrogens with one attached hydrogen (secondary N) is 1. The first-order valence-electron chi connectivity index (χ1n) is 7.21. The number of hydrogen-bond donors (Lipinski definition) is 1. The second-order valence-electron chi connectivity index (χ2n) is 4.63. The largest absolute Gasteiger partial charge is 0.351 e. The molecule has 1 rings (SSSR count). The summed E-state index contributed by atoms with van der Waals surface area (Å²) < 4.78 is 10.7. The highest BCUT2D eigenvalue weighted by molar-refractivity contribution is 5.76. The summed E-state index contributed by atoms with van der Waals surface area (Å²) in [4.78, 5) is 11.8. The lowest BCUT2D eigenvalue weighted by atomic mass is 10.1. The Balaban J connectivity index is 2.27. The average molecular weight is 279 g/mol. The molecule has 1 aromatic carbocycles. The van der Waals surface area contributed by atoms with Crippen molar-refractivity contribution in [1.82, 2.24) is 5.32 Å². The van der Waals surface area contributed by atoms with Crippen LogP contribution in [0.2, 0.25) is 0 Å². The molecule has 0 heterocycles. The van der Waals surface area contributed by atoms with Crippen molar-refractivity contribution in [3.8, 4) is 0 Å². The van der Waals surface area contributed by atoms with Gasteiger partial charge in [-0.05, 0) is 32.8 Å². The lowest BCUT2D eigenvalue weighted by Crippen LogP contribution is -2.35. The van der Waals surface area contributed by atoms with Gasteiger partial charge in [-0.2, -0.15) is 0 Å². The summed E-state index contributed by atoms with van der Waals surface area (Å²) in [5.74, 6) is 0.0231. The Kier molecular flexibility index (Phi) is 7.92. The molecular weight excluding hydrogens is 254 g/mol. The molecule has 0 fully saturated rings. The molecule has 0 aromatic heterocycles. The van der Waals surface area contributed by atoms with E-state index in [0.717, 1.165) is 6.42 Å². The first-order valence-corrected chi connectivity index (χ1v) is 7.21. The first-order chi connectivity index (χ1) is 9.65. The van der Waals surface area contributed by atoms with E-state index in [1.807, 2.05) is 13.8 Å². The van der Waals surface area contributed by atoms with Crippen LogP contribution in [0.1, 0.15) is 31.4 Å². The zero-order chi connectivity index (χ0) is 14.8. The van der Waals surface area contributed by atoms with Crippen LogP contribution in [0.25, 0.3) is 0 Å². The smallest absolute Gasteiger partial charge is 0.220 e. The fourth-order valence-corrected chi connectivity index (χ4v) is 1.84. The van der Waals surface area contributed by atoms with Gasteiger partial charge in [-0.3, -0.25) is 4.79 Å². The van der Waals surface area contributed by atoms with Crippen LogP contribution < -0.4 is 5.32 Å². The van der Waals surface area contributed by atoms with Crippen LogP contribution in [0.4, 0.5) is 0 Å². The highest BCUT2D eigenvalue weighted by Gasteiger charge is 2.09. The molecular formula is C16H25NO3. The van der Waals surface area contributed by atoms with Crippen molar-refractivity contribution >= 4 is 5.91 Å². The zero-order valence-electron chi connectivity index (χ0n) is 12.6. The Bertz CT molecular complexity index is 383. The number of carbonyl (C=O) groups is 1. The summed E-state index contributed by atoms with van der Waals surface area (Å²) >= 11 is 0. The Morgan fingerprint density at radius 2 is 1.75 bits per heavy atom. The minimum Gasteiger partial charge on any atom is -0.351 e.